The highest BCUT2D eigenvalue weighted by atomic mass is 32.2. The van der Waals surface area contributed by atoms with E-state index in [1.54, 1.807) is 21.2 Å². The molecule has 6 heteroatoms. The summed E-state index contributed by atoms with van der Waals surface area (Å²) in [5.41, 5.74) is 2.22. The van der Waals surface area contributed by atoms with E-state index in [-0.39, 0.29) is 6.04 Å². The highest BCUT2D eigenvalue weighted by Crippen LogP contribution is 2.34. The van der Waals surface area contributed by atoms with E-state index in [1.165, 1.54) is 14.2 Å². The molecule has 1 aromatic carbocycles. The van der Waals surface area contributed by atoms with Gasteiger partial charge in [-0.1, -0.05) is 6.07 Å². The van der Waals surface area contributed by atoms with Gasteiger partial charge >= 0.3 is 0 Å². The first kappa shape index (κ1) is 14.3. The number of ether oxygens (including phenoxy) is 1. The van der Waals surface area contributed by atoms with Crippen LogP contribution in [0, 0.1) is 0 Å². The maximum absolute atomic E-state index is 12.3. The number of hydrogen-bond donors (Lipinski definition) is 0. The van der Waals surface area contributed by atoms with Gasteiger partial charge in [0, 0.05) is 26.7 Å². The Morgan fingerprint density at radius 1 is 1.37 bits per heavy atom. The normalized spacial score (nSPS) is 20.4. The molecular weight excluding hydrogens is 264 g/mol. The summed E-state index contributed by atoms with van der Waals surface area (Å²) in [6, 6.07) is 5.69. The topological polar surface area (TPSA) is 49.9 Å². The summed E-state index contributed by atoms with van der Waals surface area (Å²) in [7, 11) is 1.35. The molecular formula is C13H20N2O3S. The Morgan fingerprint density at radius 2 is 2.05 bits per heavy atom. The summed E-state index contributed by atoms with van der Waals surface area (Å²) in [6.45, 7) is 2.43. The van der Waals surface area contributed by atoms with Crippen LogP contribution in [0.1, 0.15) is 24.1 Å². The van der Waals surface area contributed by atoms with E-state index in [0.717, 1.165) is 17.7 Å². The van der Waals surface area contributed by atoms with Crippen molar-refractivity contribution >= 4 is 10.2 Å². The molecule has 0 radical (unpaired) electrons. The molecule has 19 heavy (non-hydrogen) atoms. The molecule has 1 aromatic rings. The maximum Gasteiger partial charge on any atom is 0.282 e. The van der Waals surface area contributed by atoms with Crippen LogP contribution >= 0.6 is 0 Å². The number of nitrogens with zero attached hydrogens (tertiary/aromatic N) is 2. The molecule has 5 nitrogen and oxygen atoms in total. The van der Waals surface area contributed by atoms with Crippen LogP contribution in [-0.4, -0.2) is 44.8 Å². The molecule has 1 atom stereocenters. The van der Waals surface area contributed by atoms with E-state index in [1.807, 2.05) is 25.1 Å². The van der Waals surface area contributed by atoms with Gasteiger partial charge in [-0.2, -0.15) is 17.0 Å². The van der Waals surface area contributed by atoms with Crippen molar-refractivity contribution in [3.05, 3.63) is 29.3 Å². The molecule has 1 heterocycles. The van der Waals surface area contributed by atoms with Crippen LogP contribution in [0.2, 0.25) is 0 Å². The lowest BCUT2D eigenvalue weighted by Crippen LogP contribution is -2.44. The molecule has 2 rings (SSSR count). The molecule has 0 saturated carbocycles. The van der Waals surface area contributed by atoms with Crippen LogP contribution in [0.15, 0.2) is 18.2 Å². The molecule has 0 saturated heterocycles. The van der Waals surface area contributed by atoms with Gasteiger partial charge in [-0.05, 0) is 36.6 Å². The first-order chi connectivity index (χ1) is 8.87. The third kappa shape index (κ3) is 2.48. The molecule has 1 unspecified atom stereocenters. The van der Waals surface area contributed by atoms with Crippen LogP contribution in [0.5, 0.6) is 5.75 Å². The SMILES string of the molecule is COc1ccc2c(c1)C(C)N(S(=O)(=O)N(C)C)CC2. The molecule has 0 bridgehead atoms. The Hall–Kier alpha value is -1.11. The quantitative estimate of drug-likeness (QED) is 0.843. The standard InChI is InChI=1S/C13H20N2O3S/c1-10-13-9-12(18-4)6-5-11(13)7-8-15(10)19(16,17)14(2)3/h5-6,9-10H,7-8H2,1-4H3. The molecule has 1 aliphatic rings. The monoisotopic (exact) mass is 284 g/mol. The van der Waals surface area contributed by atoms with Crippen LogP contribution < -0.4 is 4.74 Å². The number of methoxy groups -OCH3 is 1. The van der Waals surface area contributed by atoms with Gasteiger partial charge in [0.05, 0.1) is 7.11 Å². The molecule has 0 aliphatic carbocycles. The summed E-state index contributed by atoms with van der Waals surface area (Å²) in [6.07, 6.45) is 0.733. The summed E-state index contributed by atoms with van der Waals surface area (Å²) in [4.78, 5) is 0. The summed E-state index contributed by atoms with van der Waals surface area (Å²) in [5.74, 6) is 0.759. The minimum atomic E-state index is -3.39. The summed E-state index contributed by atoms with van der Waals surface area (Å²) < 4.78 is 32.6. The lowest BCUT2D eigenvalue weighted by Gasteiger charge is -2.35. The molecule has 1 aliphatic heterocycles. The number of rotatable bonds is 3. The lowest BCUT2D eigenvalue weighted by molar-refractivity contribution is 0.303. The smallest absolute Gasteiger partial charge is 0.282 e. The van der Waals surface area contributed by atoms with E-state index in [9.17, 15) is 8.42 Å². The number of hydrogen-bond acceptors (Lipinski definition) is 3. The highest BCUT2D eigenvalue weighted by molar-refractivity contribution is 7.86. The molecule has 0 spiro atoms. The van der Waals surface area contributed by atoms with Crippen molar-refractivity contribution in [2.24, 2.45) is 0 Å². The lowest BCUT2D eigenvalue weighted by atomic mass is 9.95. The second-order valence-corrected chi connectivity index (χ2v) is 6.99. The fourth-order valence-electron chi connectivity index (χ4n) is 2.42. The zero-order valence-corrected chi connectivity index (χ0v) is 12.6. The van der Waals surface area contributed by atoms with Crippen molar-refractivity contribution in [1.82, 2.24) is 8.61 Å². The van der Waals surface area contributed by atoms with Gasteiger partial charge in [0.2, 0.25) is 0 Å². The fourth-order valence-corrected chi connectivity index (χ4v) is 3.68. The number of fused-ring (bicyclic) bond motifs is 1. The first-order valence-electron chi connectivity index (χ1n) is 6.24. The Bertz CT molecular complexity index is 569. The van der Waals surface area contributed by atoms with E-state index in [4.69, 9.17) is 4.74 Å². The molecule has 0 fully saturated rings. The Balaban J connectivity index is 2.41. The van der Waals surface area contributed by atoms with Gasteiger partial charge in [-0.3, -0.25) is 0 Å². The van der Waals surface area contributed by atoms with Crippen LogP contribution in [-0.2, 0) is 16.6 Å². The molecule has 106 valence electrons. The molecule has 0 amide bonds. The molecule has 0 aromatic heterocycles. The third-order valence-electron chi connectivity index (χ3n) is 3.59. The van der Waals surface area contributed by atoms with Crippen molar-refractivity contribution in [2.75, 3.05) is 27.7 Å². The van der Waals surface area contributed by atoms with Crippen molar-refractivity contribution in [3.8, 4) is 5.75 Å². The zero-order chi connectivity index (χ0) is 14.2. The van der Waals surface area contributed by atoms with Gasteiger partial charge in [-0.25, -0.2) is 0 Å². The minimum Gasteiger partial charge on any atom is -0.497 e. The van der Waals surface area contributed by atoms with Crippen molar-refractivity contribution in [1.29, 1.82) is 0 Å². The van der Waals surface area contributed by atoms with Crippen LogP contribution in [0.25, 0.3) is 0 Å². The van der Waals surface area contributed by atoms with Crippen LogP contribution in [0.4, 0.5) is 0 Å². The fraction of sp³-hybridized carbons (Fsp3) is 0.538. The largest absolute Gasteiger partial charge is 0.497 e. The average molecular weight is 284 g/mol. The summed E-state index contributed by atoms with van der Waals surface area (Å²) in [5, 5.41) is 0. The van der Waals surface area contributed by atoms with E-state index in [2.05, 4.69) is 0 Å². The Labute approximate surface area is 115 Å². The van der Waals surface area contributed by atoms with Crippen LogP contribution in [0.3, 0.4) is 0 Å². The second kappa shape index (κ2) is 5.11. The average Bonchev–Trinajstić information content (AvgIpc) is 2.38. The Morgan fingerprint density at radius 3 is 2.63 bits per heavy atom. The third-order valence-corrected chi connectivity index (χ3v) is 5.61. The van der Waals surface area contributed by atoms with Gasteiger partial charge < -0.3 is 4.74 Å². The van der Waals surface area contributed by atoms with Crippen molar-refractivity contribution in [3.63, 3.8) is 0 Å². The first-order valence-corrected chi connectivity index (χ1v) is 7.63. The maximum atomic E-state index is 12.3. The Kier molecular flexibility index (Phi) is 3.85. The van der Waals surface area contributed by atoms with Gasteiger partial charge in [0.25, 0.3) is 10.2 Å². The van der Waals surface area contributed by atoms with Gasteiger partial charge in [-0.15, -0.1) is 0 Å². The predicted molar refractivity (Wildman–Crippen MR) is 74.4 cm³/mol. The summed E-state index contributed by atoms with van der Waals surface area (Å²) >= 11 is 0. The van der Waals surface area contributed by atoms with E-state index in [0.29, 0.717) is 6.54 Å². The van der Waals surface area contributed by atoms with Crippen molar-refractivity contribution in [2.45, 2.75) is 19.4 Å². The van der Waals surface area contributed by atoms with Gasteiger partial charge in [0.15, 0.2) is 0 Å². The van der Waals surface area contributed by atoms with E-state index < -0.39 is 10.2 Å². The highest BCUT2D eigenvalue weighted by Gasteiger charge is 2.34. The molecule has 0 N–H and O–H groups in total. The zero-order valence-electron chi connectivity index (χ0n) is 11.8. The van der Waals surface area contributed by atoms with E-state index >= 15 is 0 Å². The van der Waals surface area contributed by atoms with Crippen molar-refractivity contribution < 1.29 is 13.2 Å². The van der Waals surface area contributed by atoms with Gasteiger partial charge in [0.1, 0.15) is 5.75 Å². The second-order valence-electron chi connectivity index (χ2n) is 4.89. The minimum absolute atomic E-state index is 0.175. The number of benzene rings is 1. The predicted octanol–water partition coefficient (Wildman–Crippen LogP) is 1.42.